The second-order valence-electron chi connectivity index (χ2n) is 5.46. The van der Waals surface area contributed by atoms with E-state index in [1.54, 1.807) is 0 Å². The second-order valence-corrected chi connectivity index (χ2v) is 7.05. The van der Waals surface area contributed by atoms with Gasteiger partial charge >= 0.3 is 0 Å². The van der Waals surface area contributed by atoms with Crippen LogP contribution in [0.5, 0.6) is 0 Å². The van der Waals surface area contributed by atoms with Crippen LogP contribution in [0.4, 0.5) is 0 Å². The van der Waals surface area contributed by atoms with Crippen molar-refractivity contribution in [3.63, 3.8) is 0 Å². The van der Waals surface area contributed by atoms with Gasteiger partial charge in [0.15, 0.2) is 0 Å². The number of hydrogen-bond donors (Lipinski definition) is 1. The van der Waals surface area contributed by atoms with E-state index in [2.05, 4.69) is 5.32 Å². The minimum Gasteiger partial charge on any atom is -0.318 e. The van der Waals surface area contributed by atoms with Crippen LogP contribution in [0.1, 0.15) is 31.5 Å². The Labute approximate surface area is 129 Å². The summed E-state index contributed by atoms with van der Waals surface area (Å²) >= 11 is 8.04. The number of thioether (sulfide) groups is 1. The van der Waals surface area contributed by atoms with Crippen molar-refractivity contribution in [2.24, 2.45) is 0 Å². The summed E-state index contributed by atoms with van der Waals surface area (Å²) in [5, 5.41) is 4.12. The first-order valence-corrected chi connectivity index (χ1v) is 8.61. The first-order chi connectivity index (χ1) is 9.66. The van der Waals surface area contributed by atoms with Crippen molar-refractivity contribution in [3.8, 4) is 0 Å². The number of nitrogens with one attached hydrogen (secondary N) is 1. The summed E-state index contributed by atoms with van der Waals surface area (Å²) in [5.74, 6) is 2.46. The number of halogens is 1. The molecule has 3 rings (SSSR count). The van der Waals surface area contributed by atoms with E-state index in [1.807, 2.05) is 47.9 Å². The number of hydrogen-bond acceptors (Lipinski definition) is 3. The van der Waals surface area contributed by atoms with Gasteiger partial charge in [0.25, 0.3) is 0 Å². The molecule has 20 heavy (non-hydrogen) atoms. The number of carbonyl (C=O) groups is 1. The summed E-state index contributed by atoms with van der Waals surface area (Å²) in [4.78, 5) is 14.5. The van der Waals surface area contributed by atoms with Crippen molar-refractivity contribution in [2.75, 3.05) is 11.5 Å². The molecule has 3 nitrogen and oxygen atoms in total. The third-order valence-corrected chi connectivity index (χ3v) is 5.44. The quantitative estimate of drug-likeness (QED) is 0.911. The summed E-state index contributed by atoms with van der Waals surface area (Å²) in [5.41, 5.74) is 1.07. The monoisotopic (exact) mass is 310 g/mol. The zero-order chi connectivity index (χ0) is 14.1. The molecule has 0 aromatic heterocycles. The van der Waals surface area contributed by atoms with Gasteiger partial charge in [0, 0.05) is 16.8 Å². The summed E-state index contributed by atoms with van der Waals surface area (Å²) in [6.45, 7) is 1.94. The van der Waals surface area contributed by atoms with E-state index < -0.39 is 0 Å². The lowest BCUT2D eigenvalue weighted by Crippen LogP contribution is -2.42. The van der Waals surface area contributed by atoms with Crippen LogP contribution in [0, 0.1) is 0 Å². The Morgan fingerprint density at radius 3 is 3.00 bits per heavy atom. The zero-order valence-corrected chi connectivity index (χ0v) is 13.1. The highest BCUT2D eigenvalue weighted by Gasteiger charge is 2.41. The van der Waals surface area contributed by atoms with Crippen LogP contribution in [-0.2, 0) is 4.79 Å². The van der Waals surface area contributed by atoms with E-state index in [0.717, 1.165) is 17.7 Å². The third-order valence-electron chi connectivity index (χ3n) is 4.01. The Morgan fingerprint density at radius 1 is 1.45 bits per heavy atom. The van der Waals surface area contributed by atoms with Gasteiger partial charge in [-0.3, -0.25) is 10.1 Å². The molecule has 0 saturated carbocycles. The van der Waals surface area contributed by atoms with Crippen LogP contribution in [0.25, 0.3) is 0 Å². The number of amides is 1. The first-order valence-electron chi connectivity index (χ1n) is 7.08. The maximum absolute atomic E-state index is 12.5. The Hall–Kier alpha value is -0.710. The smallest absolute Gasteiger partial charge is 0.241 e. The highest BCUT2D eigenvalue weighted by Crippen LogP contribution is 2.33. The Bertz CT molecular complexity index is 504. The molecule has 2 heterocycles. The molecule has 1 aromatic carbocycles. The predicted octanol–water partition coefficient (Wildman–Crippen LogP) is 3.05. The lowest BCUT2D eigenvalue weighted by atomic mass is 10.1. The number of nitrogens with zero attached hydrogens (tertiary/aromatic N) is 1. The summed E-state index contributed by atoms with van der Waals surface area (Å²) in [6.07, 6.45) is 2.25. The zero-order valence-electron chi connectivity index (χ0n) is 11.5. The molecule has 1 amide bonds. The molecule has 0 radical (unpaired) electrons. The molecule has 2 saturated heterocycles. The largest absolute Gasteiger partial charge is 0.318 e. The maximum atomic E-state index is 12.5. The van der Waals surface area contributed by atoms with Gasteiger partial charge in [-0.05, 0) is 43.2 Å². The van der Waals surface area contributed by atoms with Gasteiger partial charge in [-0.1, -0.05) is 23.7 Å². The number of rotatable bonds is 2. The molecule has 0 aliphatic carbocycles. The standard InChI is InChI=1S/C15H19ClN2OS/c1-10-15(19)18(13-6-3-7-20-9-13)14(17-10)11-4-2-5-12(16)8-11/h2,4-5,8,10,13-14,17H,3,6-7,9H2,1H3. The summed E-state index contributed by atoms with van der Waals surface area (Å²) in [6, 6.07) is 8.02. The Kier molecular flexibility index (Phi) is 4.24. The van der Waals surface area contributed by atoms with E-state index >= 15 is 0 Å². The fourth-order valence-corrected chi connectivity index (χ4v) is 4.34. The fraction of sp³-hybridized carbons (Fsp3) is 0.533. The highest BCUT2D eigenvalue weighted by atomic mass is 35.5. The third kappa shape index (κ3) is 2.69. The van der Waals surface area contributed by atoms with Crippen LogP contribution >= 0.6 is 23.4 Å². The van der Waals surface area contributed by atoms with Crippen molar-refractivity contribution < 1.29 is 4.79 Å². The molecule has 3 unspecified atom stereocenters. The Morgan fingerprint density at radius 2 is 2.30 bits per heavy atom. The minimum atomic E-state index is -0.120. The van der Waals surface area contributed by atoms with Crippen LogP contribution in [0.15, 0.2) is 24.3 Å². The van der Waals surface area contributed by atoms with Crippen LogP contribution in [0.3, 0.4) is 0 Å². The second kappa shape index (κ2) is 5.96. The molecule has 0 bridgehead atoms. The van der Waals surface area contributed by atoms with Gasteiger partial charge in [-0.2, -0.15) is 11.8 Å². The average molecular weight is 311 g/mol. The van der Waals surface area contributed by atoms with Gasteiger partial charge in [0.2, 0.25) is 5.91 Å². The van der Waals surface area contributed by atoms with E-state index in [-0.39, 0.29) is 18.1 Å². The highest BCUT2D eigenvalue weighted by molar-refractivity contribution is 7.99. The number of carbonyl (C=O) groups excluding carboxylic acids is 1. The molecule has 1 N–H and O–H groups in total. The van der Waals surface area contributed by atoms with E-state index in [0.29, 0.717) is 11.1 Å². The molecule has 5 heteroatoms. The van der Waals surface area contributed by atoms with Gasteiger partial charge < -0.3 is 4.90 Å². The van der Waals surface area contributed by atoms with Crippen molar-refractivity contribution in [1.82, 2.24) is 10.2 Å². The normalized spacial score (nSPS) is 30.8. The molecular formula is C15H19ClN2OS. The van der Waals surface area contributed by atoms with Gasteiger partial charge in [-0.15, -0.1) is 0 Å². The topological polar surface area (TPSA) is 32.3 Å². The molecule has 1 aromatic rings. The molecule has 2 aliphatic rings. The van der Waals surface area contributed by atoms with Gasteiger partial charge in [0.1, 0.15) is 6.17 Å². The van der Waals surface area contributed by atoms with Crippen molar-refractivity contribution >= 4 is 29.3 Å². The molecule has 2 fully saturated rings. The molecule has 2 aliphatic heterocycles. The summed E-state index contributed by atoms with van der Waals surface area (Å²) in [7, 11) is 0. The van der Waals surface area contributed by atoms with Gasteiger partial charge in [-0.25, -0.2) is 0 Å². The van der Waals surface area contributed by atoms with Crippen molar-refractivity contribution in [1.29, 1.82) is 0 Å². The van der Waals surface area contributed by atoms with Crippen LogP contribution in [0.2, 0.25) is 5.02 Å². The van der Waals surface area contributed by atoms with E-state index in [4.69, 9.17) is 11.6 Å². The van der Waals surface area contributed by atoms with Gasteiger partial charge in [0.05, 0.1) is 6.04 Å². The predicted molar refractivity (Wildman–Crippen MR) is 84.0 cm³/mol. The molecular weight excluding hydrogens is 292 g/mol. The lowest BCUT2D eigenvalue weighted by Gasteiger charge is -2.35. The van der Waals surface area contributed by atoms with Crippen molar-refractivity contribution in [2.45, 2.75) is 38.0 Å². The minimum absolute atomic E-state index is 0.0418. The Balaban J connectivity index is 1.89. The SMILES string of the molecule is CC1NC(c2cccc(Cl)c2)N(C2CCCSC2)C1=O. The molecule has 3 atom stereocenters. The lowest BCUT2D eigenvalue weighted by molar-refractivity contribution is -0.131. The first kappa shape index (κ1) is 14.2. The van der Waals surface area contributed by atoms with E-state index in [1.165, 1.54) is 12.2 Å². The molecule has 0 spiro atoms. The number of benzene rings is 1. The van der Waals surface area contributed by atoms with Crippen LogP contribution < -0.4 is 5.32 Å². The fourth-order valence-electron chi connectivity index (χ4n) is 3.01. The summed E-state index contributed by atoms with van der Waals surface area (Å²) < 4.78 is 0. The van der Waals surface area contributed by atoms with Crippen LogP contribution in [-0.4, -0.2) is 34.4 Å². The van der Waals surface area contributed by atoms with Crippen molar-refractivity contribution in [3.05, 3.63) is 34.9 Å². The molecule has 108 valence electrons. The average Bonchev–Trinajstić information content (AvgIpc) is 2.76. The van der Waals surface area contributed by atoms with E-state index in [9.17, 15) is 4.79 Å². The maximum Gasteiger partial charge on any atom is 0.241 e.